The van der Waals surface area contributed by atoms with E-state index in [2.05, 4.69) is 37.3 Å². The van der Waals surface area contributed by atoms with Crippen LogP contribution >= 0.6 is 0 Å². The Morgan fingerprint density at radius 3 is 2.09 bits per heavy atom. The second-order valence-electron chi connectivity index (χ2n) is 8.33. The van der Waals surface area contributed by atoms with E-state index in [0.29, 0.717) is 26.4 Å². The van der Waals surface area contributed by atoms with Crippen molar-refractivity contribution in [1.82, 2.24) is 0 Å². The molecule has 0 fully saturated rings. The molecule has 0 aliphatic carbocycles. The first-order chi connectivity index (χ1) is 15.8. The highest BCUT2D eigenvalue weighted by molar-refractivity contribution is 5.14. The lowest BCUT2D eigenvalue weighted by Gasteiger charge is -2.32. The van der Waals surface area contributed by atoms with Crippen LogP contribution in [0.15, 0.2) is 72.8 Å². The summed E-state index contributed by atoms with van der Waals surface area (Å²) in [7, 11) is 0. The van der Waals surface area contributed by atoms with E-state index in [1.54, 1.807) is 0 Å². The van der Waals surface area contributed by atoms with E-state index in [1.807, 2.05) is 42.5 Å². The Morgan fingerprint density at radius 2 is 1.38 bits per heavy atom. The number of hydrogen-bond donors (Lipinski definition) is 0. The van der Waals surface area contributed by atoms with Crippen LogP contribution in [0.1, 0.15) is 56.6 Å². The van der Waals surface area contributed by atoms with Gasteiger partial charge in [0.2, 0.25) is 0 Å². The Hall–Kier alpha value is -1.98. The Morgan fingerprint density at radius 1 is 0.719 bits per heavy atom. The first-order valence-electron chi connectivity index (χ1n) is 12.1. The van der Waals surface area contributed by atoms with Gasteiger partial charge in [0.15, 0.2) is 6.29 Å². The van der Waals surface area contributed by atoms with Gasteiger partial charge in [0.25, 0.3) is 0 Å². The number of rotatable bonds is 15. The molecule has 2 aromatic carbocycles. The zero-order valence-electron chi connectivity index (χ0n) is 19.4. The first kappa shape index (κ1) is 24.7. The molecule has 0 amide bonds. The lowest BCUT2D eigenvalue weighted by molar-refractivity contribution is -0.195. The van der Waals surface area contributed by atoms with E-state index in [4.69, 9.17) is 18.9 Å². The average Bonchev–Trinajstić information content (AvgIpc) is 2.84. The molecule has 1 aliphatic rings. The summed E-state index contributed by atoms with van der Waals surface area (Å²) in [5.41, 5.74) is 2.29. The third-order valence-corrected chi connectivity index (χ3v) is 5.59. The summed E-state index contributed by atoms with van der Waals surface area (Å²) in [5, 5.41) is 0. The number of unbranched alkanes of at least 4 members (excludes halogenated alkanes) is 5. The van der Waals surface area contributed by atoms with Gasteiger partial charge in [0, 0.05) is 0 Å². The van der Waals surface area contributed by atoms with Gasteiger partial charge < -0.3 is 18.9 Å². The van der Waals surface area contributed by atoms with Crippen molar-refractivity contribution in [2.24, 2.45) is 0 Å². The zero-order valence-corrected chi connectivity index (χ0v) is 19.4. The van der Waals surface area contributed by atoms with Crippen molar-refractivity contribution in [3.05, 3.63) is 83.9 Å². The standard InChI is InChI=1S/C28H38O4/c1-2-3-4-5-6-13-20-30-28-19-18-26(31-22-25-16-11-8-12-17-25)27(32-28)23-29-21-24-14-9-7-10-15-24/h7-12,14-19,26-28H,2-6,13,20-23H2,1H3/t26-,27+,28-/m0/s1. The van der Waals surface area contributed by atoms with E-state index in [9.17, 15) is 0 Å². The molecule has 2 aromatic rings. The smallest absolute Gasteiger partial charge is 0.177 e. The van der Waals surface area contributed by atoms with E-state index < -0.39 is 0 Å². The maximum Gasteiger partial charge on any atom is 0.177 e. The van der Waals surface area contributed by atoms with Crippen LogP contribution in [0, 0.1) is 0 Å². The second-order valence-corrected chi connectivity index (χ2v) is 8.33. The van der Waals surface area contributed by atoms with Gasteiger partial charge in [-0.2, -0.15) is 0 Å². The van der Waals surface area contributed by atoms with Crippen LogP contribution in [0.25, 0.3) is 0 Å². The quantitative estimate of drug-likeness (QED) is 0.237. The fourth-order valence-electron chi connectivity index (χ4n) is 3.73. The highest BCUT2D eigenvalue weighted by Gasteiger charge is 2.28. The molecule has 0 bridgehead atoms. The van der Waals surface area contributed by atoms with E-state index >= 15 is 0 Å². The second kappa shape index (κ2) is 15.0. The van der Waals surface area contributed by atoms with Gasteiger partial charge >= 0.3 is 0 Å². The van der Waals surface area contributed by atoms with Crippen molar-refractivity contribution in [3.63, 3.8) is 0 Å². The van der Waals surface area contributed by atoms with Gasteiger partial charge in [-0.1, -0.05) is 106 Å². The van der Waals surface area contributed by atoms with Crippen molar-refractivity contribution < 1.29 is 18.9 Å². The van der Waals surface area contributed by atoms with Gasteiger partial charge in [-0.3, -0.25) is 0 Å². The van der Waals surface area contributed by atoms with Crippen molar-refractivity contribution in [1.29, 1.82) is 0 Å². The topological polar surface area (TPSA) is 36.9 Å². The van der Waals surface area contributed by atoms with Gasteiger partial charge in [-0.15, -0.1) is 0 Å². The molecule has 0 unspecified atom stereocenters. The molecule has 3 rings (SSSR count). The Bertz CT molecular complexity index is 747. The molecule has 0 spiro atoms. The molecule has 1 aliphatic heterocycles. The van der Waals surface area contributed by atoms with Gasteiger partial charge in [-0.05, 0) is 23.6 Å². The van der Waals surface area contributed by atoms with Gasteiger partial charge in [0.1, 0.15) is 12.2 Å². The molecule has 4 nitrogen and oxygen atoms in total. The number of ether oxygens (including phenoxy) is 4. The van der Waals surface area contributed by atoms with Crippen molar-refractivity contribution in [2.45, 2.75) is 77.2 Å². The minimum absolute atomic E-state index is 0.167. The summed E-state index contributed by atoms with van der Waals surface area (Å²) in [6.07, 6.45) is 10.8. The third kappa shape index (κ3) is 9.25. The predicted octanol–water partition coefficient (Wildman–Crippen LogP) is 6.45. The molecule has 0 saturated carbocycles. The van der Waals surface area contributed by atoms with Crippen LogP contribution in [0.3, 0.4) is 0 Å². The maximum atomic E-state index is 6.21. The Kier molecular flexibility index (Phi) is 11.5. The fraction of sp³-hybridized carbons (Fsp3) is 0.500. The minimum Gasteiger partial charge on any atom is -0.374 e. The van der Waals surface area contributed by atoms with Crippen LogP contribution < -0.4 is 0 Å². The van der Waals surface area contributed by atoms with Crippen LogP contribution in [-0.4, -0.2) is 31.7 Å². The van der Waals surface area contributed by atoms with Crippen LogP contribution in [0.4, 0.5) is 0 Å². The lowest BCUT2D eigenvalue weighted by atomic mass is 10.1. The SMILES string of the molecule is CCCCCCCCO[C@@H]1C=C[C@H](OCc2ccccc2)[C@@H](COCc2ccccc2)O1. The average molecular weight is 439 g/mol. The highest BCUT2D eigenvalue weighted by Crippen LogP contribution is 2.20. The summed E-state index contributed by atoms with van der Waals surface area (Å²) in [6, 6.07) is 20.4. The summed E-state index contributed by atoms with van der Waals surface area (Å²) in [4.78, 5) is 0. The molecule has 0 radical (unpaired) electrons. The molecule has 174 valence electrons. The zero-order chi connectivity index (χ0) is 22.3. The maximum absolute atomic E-state index is 6.21. The number of hydrogen-bond acceptors (Lipinski definition) is 4. The highest BCUT2D eigenvalue weighted by atomic mass is 16.7. The summed E-state index contributed by atoms with van der Waals surface area (Å²) >= 11 is 0. The summed E-state index contributed by atoms with van der Waals surface area (Å²) in [5.74, 6) is 0. The monoisotopic (exact) mass is 438 g/mol. The molecule has 32 heavy (non-hydrogen) atoms. The predicted molar refractivity (Wildman–Crippen MR) is 128 cm³/mol. The molecule has 0 N–H and O–H groups in total. The van der Waals surface area contributed by atoms with Gasteiger partial charge in [-0.25, -0.2) is 0 Å². The number of benzene rings is 2. The fourth-order valence-corrected chi connectivity index (χ4v) is 3.73. The first-order valence-corrected chi connectivity index (χ1v) is 12.1. The van der Waals surface area contributed by atoms with Crippen LogP contribution in [-0.2, 0) is 32.2 Å². The Labute approximate surface area is 193 Å². The minimum atomic E-state index is -0.340. The van der Waals surface area contributed by atoms with Crippen LogP contribution in [0.5, 0.6) is 0 Å². The molecule has 3 atom stereocenters. The van der Waals surface area contributed by atoms with Crippen molar-refractivity contribution in [2.75, 3.05) is 13.2 Å². The van der Waals surface area contributed by atoms with E-state index in [-0.39, 0.29) is 18.5 Å². The van der Waals surface area contributed by atoms with E-state index in [1.165, 1.54) is 32.1 Å². The summed E-state index contributed by atoms with van der Waals surface area (Å²) < 4.78 is 24.3. The third-order valence-electron chi connectivity index (χ3n) is 5.59. The molecular weight excluding hydrogens is 400 g/mol. The van der Waals surface area contributed by atoms with Crippen molar-refractivity contribution >= 4 is 0 Å². The molecule has 0 saturated heterocycles. The van der Waals surface area contributed by atoms with E-state index in [0.717, 1.165) is 17.5 Å². The lowest BCUT2D eigenvalue weighted by Crippen LogP contribution is -2.41. The molecule has 4 heteroatoms. The summed E-state index contributed by atoms with van der Waals surface area (Å²) in [6.45, 7) is 4.51. The Balaban J connectivity index is 1.46. The van der Waals surface area contributed by atoms with Crippen molar-refractivity contribution in [3.8, 4) is 0 Å². The van der Waals surface area contributed by atoms with Crippen LogP contribution in [0.2, 0.25) is 0 Å². The molecule has 1 heterocycles. The normalized spacial score (nSPS) is 20.5. The molecular formula is C28H38O4. The van der Waals surface area contributed by atoms with Gasteiger partial charge in [0.05, 0.1) is 26.4 Å². The molecule has 0 aromatic heterocycles. The largest absolute Gasteiger partial charge is 0.374 e.